The monoisotopic (exact) mass is 554 g/mol. The third-order valence-corrected chi connectivity index (χ3v) is 8.38. The molecule has 0 bridgehead atoms. The summed E-state index contributed by atoms with van der Waals surface area (Å²) in [7, 11) is 0. The molecule has 1 heterocycles. The highest BCUT2D eigenvalue weighted by atomic mass is 32.2. The molecule has 1 saturated carbocycles. The summed E-state index contributed by atoms with van der Waals surface area (Å²) in [6.07, 6.45) is 6.69. The van der Waals surface area contributed by atoms with Crippen LogP contribution < -0.4 is 0 Å². The maximum atomic E-state index is 13.6. The van der Waals surface area contributed by atoms with Crippen LogP contribution in [0.5, 0.6) is 0 Å². The van der Waals surface area contributed by atoms with E-state index in [-0.39, 0.29) is 29.2 Å². The van der Waals surface area contributed by atoms with Crippen LogP contribution in [-0.2, 0) is 16.2 Å². The molecule has 1 fully saturated rings. The number of benzene rings is 3. The number of rotatable bonds is 9. The standard InChI is InChI=1S/C33H34N2O4S/c1-4-35-29-16-14-23(31(36)25-13-9-8-10-21(25)2)18-26(29)27-19-24(15-17-30(27)35)32(37)28(20-40-3)34-39-33(38)22-11-6-5-7-12-22/h8-10,13-19,22H,4-7,11-12,20H2,1-3H3/b34-28+. The minimum atomic E-state index is -0.349. The Morgan fingerprint density at radius 1 is 0.925 bits per heavy atom. The summed E-state index contributed by atoms with van der Waals surface area (Å²) in [5, 5.41) is 5.86. The van der Waals surface area contributed by atoms with Crippen molar-refractivity contribution < 1.29 is 19.2 Å². The number of ketones is 2. The molecule has 5 rings (SSSR count). The minimum absolute atomic E-state index is 0.0289. The molecule has 0 spiro atoms. The van der Waals surface area contributed by atoms with Gasteiger partial charge in [0.2, 0.25) is 5.78 Å². The molecule has 7 heteroatoms. The molecule has 0 radical (unpaired) electrons. The van der Waals surface area contributed by atoms with Gasteiger partial charge in [-0.3, -0.25) is 9.59 Å². The third kappa shape index (κ3) is 5.48. The van der Waals surface area contributed by atoms with E-state index < -0.39 is 0 Å². The van der Waals surface area contributed by atoms with Gasteiger partial charge in [-0.25, -0.2) is 4.79 Å². The van der Waals surface area contributed by atoms with Crippen LogP contribution in [0.1, 0.15) is 70.9 Å². The van der Waals surface area contributed by atoms with Gasteiger partial charge in [0.1, 0.15) is 5.71 Å². The molecule has 0 aliphatic heterocycles. The first kappa shape index (κ1) is 27.8. The largest absolute Gasteiger partial charge is 0.341 e. The second kappa shape index (κ2) is 12.2. The van der Waals surface area contributed by atoms with Crippen LogP contribution >= 0.6 is 11.8 Å². The van der Waals surface area contributed by atoms with Crippen molar-refractivity contribution >= 4 is 56.8 Å². The molecule has 0 N–H and O–H groups in total. The van der Waals surface area contributed by atoms with Crippen molar-refractivity contribution in [2.45, 2.75) is 52.5 Å². The van der Waals surface area contributed by atoms with Gasteiger partial charge in [-0.2, -0.15) is 11.8 Å². The summed E-state index contributed by atoms with van der Waals surface area (Å²) in [5.41, 5.74) is 4.89. The van der Waals surface area contributed by atoms with Crippen molar-refractivity contribution in [2.24, 2.45) is 11.1 Å². The number of hydrogen-bond donors (Lipinski definition) is 0. The molecular formula is C33H34N2O4S. The number of nitrogens with zero attached hydrogens (tertiary/aromatic N) is 2. The smallest absolute Gasteiger partial charge is 0.338 e. The number of carbonyl (C=O) groups is 3. The van der Waals surface area contributed by atoms with Gasteiger partial charge < -0.3 is 9.40 Å². The second-order valence-electron chi connectivity index (χ2n) is 10.4. The molecule has 1 aliphatic rings. The van der Waals surface area contributed by atoms with E-state index in [4.69, 9.17) is 4.84 Å². The molecule has 0 saturated heterocycles. The Morgan fingerprint density at radius 3 is 2.23 bits per heavy atom. The van der Waals surface area contributed by atoms with E-state index in [1.54, 1.807) is 6.07 Å². The van der Waals surface area contributed by atoms with Gasteiger partial charge in [-0.15, -0.1) is 0 Å². The molecule has 0 unspecified atom stereocenters. The Labute approximate surface area is 238 Å². The summed E-state index contributed by atoms with van der Waals surface area (Å²) in [5.74, 6) is -0.452. The van der Waals surface area contributed by atoms with Gasteiger partial charge in [0.15, 0.2) is 5.78 Å². The quantitative estimate of drug-likeness (QED) is 0.0934. The van der Waals surface area contributed by atoms with Crippen LogP contribution in [-0.4, -0.2) is 39.8 Å². The summed E-state index contributed by atoms with van der Waals surface area (Å²) in [4.78, 5) is 44.8. The normalized spacial score (nSPS) is 14.5. The predicted molar refractivity (Wildman–Crippen MR) is 163 cm³/mol. The molecule has 206 valence electrons. The van der Waals surface area contributed by atoms with Gasteiger partial charge >= 0.3 is 5.97 Å². The lowest BCUT2D eigenvalue weighted by atomic mass is 9.89. The highest BCUT2D eigenvalue weighted by Crippen LogP contribution is 2.32. The van der Waals surface area contributed by atoms with Crippen LogP contribution in [0.25, 0.3) is 21.8 Å². The molecule has 3 aromatic carbocycles. The molecule has 1 aliphatic carbocycles. The highest BCUT2D eigenvalue weighted by molar-refractivity contribution is 7.99. The van der Waals surface area contributed by atoms with E-state index in [0.29, 0.717) is 22.4 Å². The maximum absolute atomic E-state index is 13.6. The number of fused-ring (bicyclic) bond motifs is 3. The lowest BCUT2D eigenvalue weighted by molar-refractivity contribution is -0.149. The van der Waals surface area contributed by atoms with E-state index in [2.05, 4.69) is 16.6 Å². The van der Waals surface area contributed by atoms with Crippen LogP contribution in [0.2, 0.25) is 0 Å². The van der Waals surface area contributed by atoms with Crippen LogP contribution in [0, 0.1) is 12.8 Å². The van der Waals surface area contributed by atoms with Gasteiger partial charge in [-0.05, 0) is 74.9 Å². The van der Waals surface area contributed by atoms with Crippen molar-refractivity contribution in [3.63, 3.8) is 0 Å². The van der Waals surface area contributed by atoms with E-state index in [1.165, 1.54) is 11.8 Å². The number of thioether (sulfide) groups is 1. The Bertz CT molecular complexity index is 1630. The van der Waals surface area contributed by atoms with Gasteiger partial charge in [0, 0.05) is 50.8 Å². The fourth-order valence-electron chi connectivity index (χ4n) is 5.66. The Morgan fingerprint density at radius 2 is 1.57 bits per heavy atom. The average molecular weight is 555 g/mol. The van der Waals surface area contributed by atoms with Crippen LogP contribution in [0.3, 0.4) is 0 Å². The summed E-state index contributed by atoms with van der Waals surface area (Å²) < 4.78 is 2.18. The SMILES string of the molecule is CCn1c2ccc(C(=O)/C(CSC)=N/OC(=O)C3CCCCC3)cc2c2cc(C(=O)c3ccccc3C)ccc21. The summed E-state index contributed by atoms with van der Waals surface area (Å²) >= 11 is 1.45. The summed E-state index contributed by atoms with van der Waals surface area (Å²) in [6, 6.07) is 19.0. The Hall–Kier alpha value is -3.71. The second-order valence-corrected chi connectivity index (χ2v) is 11.3. The van der Waals surface area contributed by atoms with E-state index in [9.17, 15) is 14.4 Å². The molecule has 1 aromatic heterocycles. The first-order chi connectivity index (χ1) is 19.4. The molecule has 6 nitrogen and oxygen atoms in total. The van der Waals surface area contributed by atoms with Crippen molar-refractivity contribution in [3.05, 3.63) is 82.9 Å². The van der Waals surface area contributed by atoms with Crippen molar-refractivity contribution in [3.8, 4) is 0 Å². The van der Waals surface area contributed by atoms with Crippen LogP contribution in [0.15, 0.2) is 65.8 Å². The number of Topliss-reactive ketones (excluding diaryl/α,β-unsaturated/α-hetero) is 1. The first-order valence-corrected chi connectivity index (χ1v) is 15.3. The number of oxime groups is 1. The molecule has 4 aromatic rings. The third-order valence-electron chi connectivity index (χ3n) is 7.82. The number of aryl methyl sites for hydroxylation is 2. The van der Waals surface area contributed by atoms with Crippen molar-refractivity contribution in [1.82, 2.24) is 4.57 Å². The van der Waals surface area contributed by atoms with Crippen molar-refractivity contribution in [2.75, 3.05) is 12.0 Å². The molecular weight excluding hydrogens is 520 g/mol. The average Bonchev–Trinajstić information content (AvgIpc) is 3.31. The Kier molecular flexibility index (Phi) is 8.50. The number of carbonyl (C=O) groups excluding carboxylic acids is 3. The zero-order chi connectivity index (χ0) is 28.2. The van der Waals surface area contributed by atoms with E-state index >= 15 is 0 Å². The van der Waals surface area contributed by atoms with Gasteiger partial charge in [0.05, 0.1) is 5.92 Å². The summed E-state index contributed by atoms with van der Waals surface area (Å²) in [6.45, 7) is 4.76. The van der Waals surface area contributed by atoms with Gasteiger partial charge in [0.25, 0.3) is 0 Å². The Balaban J connectivity index is 1.51. The van der Waals surface area contributed by atoms with E-state index in [0.717, 1.165) is 66.0 Å². The molecule has 40 heavy (non-hydrogen) atoms. The molecule has 0 amide bonds. The number of hydrogen-bond acceptors (Lipinski definition) is 6. The lowest BCUT2D eigenvalue weighted by Gasteiger charge is -2.18. The lowest BCUT2D eigenvalue weighted by Crippen LogP contribution is -2.22. The zero-order valence-electron chi connectivity index (χ0n) is 23.2. The predicted octanol–water partition coefficient (Wildman–Crippen LogP) is 7.38. The maximum Gasteiger partial charge on any atom is 0.338 e. The van der Waals surface area contributed by atoms with E-state index in [1.807, 2.05) is 67.8 Å². The van der Waals surface area contributed by atoms with Crippen molar-refractivity contribution in [1.29, 1.82) is 0 Å². The minimum Gasteiger partial charge on any atom is -0.341 e. The van der Waals surface area contributed by atoms with Crippen LogP contribution in [0.4, 0.5) is 0 Å². The fraction of sp³-hybridized carbons (Fsp3) is 0.333. The highest BCUT2D eigenvalue weighted by Gasteiger charge is 2.24. The van der Waals surface area contributed by atoms with Gasteiger partial charge in [-0.1, -0.05) is 48.7 Å². The first-order valence-electron chi connectivity index (χ1n) is 13.9. The fourth-order valence-corrected chi connectivity index (χ4v) is 6.12. The topological polar surface area (TPSA) is 77.7 Å². The zero-order valence-corrected chi connectivity index (χ0v) is 24.1. The number of aromatic nitrogens is 1. The molecule has 0 atom stereocenters.